The van der Waals surface area contributed by atoms with Crippen LogP contribution in [0.4, 0.5) is 5.69 Å². The van der Waals surface area contributed by atoms with E-state index in [9.17, 15) is 4.79 Å². The molecule has 1 rings (SSSR count). The van der Waals surface area contributed by atoms with E-state index in [1.54, 1.807) is 7.11 Å². The molecule has 0 spiro atoms. The molecule has 1 amide bonds. The molecule has 0 aliphatic carbocycles. The molecule has 1 unspecified atom stereocenters. The van der Waals surface area contributed by atoms with Crippen molar-refractivity contribution >= 4 is 11.6 Å². The van der Waals surface area contributed by atoms with E-state index in [1.165, 1.54) is 0 Å². The Bertz CT molecular complexity index is 435. The van der Waals surface area contributed by atoms with E-state index in [2.05, 4.69) is 5.32 Å². The van der Waals surface area contributed by atoms with Crippen LogP contribution in [0.1, 0.15) is 18.9 Å². The number of hydrogen-bond donors (Lipinski definition) is 2. The normalized spacial score (nSPS) is 12.0. The fraction of sp³-hybridized carbons (Fsp3) is 0.533. The lowest BCUT2D eigenvalue weighted by Gasteiger charge is -2.15. The number of nitrogens with one attached hydrogen (secondary N) is 1. The van der Waals surface area contributed by atoms with Crippen LogP contribution in [0, 0.1) is 12.8 Å². The summed E-state index contributed by atoms with van der Waals surface area (Å²) in [6, 6.07) is 5.69. The number of nitrogens with two attached hydrogens (primary N) is 1. The molecule has 1 atom stereocenters. The monoisotopic (exact) mass is 280 g/mol. The standard InChI is InChI=1S/C15H24N2O3/c1-11-4-5-13(14(10-11)20-9-8-19-3)17-15(18)12(2)6-7-16/h4-5,10,12H,6-9,16H2,1-3H3,(H,17,18). The number of ether oxygens (including phenoxy) is 2. The predicted octanol–water partition coefficient (Wildman–Crippen LogP) is 1.94. The summed E-state index contributed by atoms with van der Waals surface area (Å²) in [6.07, 6.45) is 0.664. The average Bonchev–Trinajstić information content (AvgIpc) is 2.42. The van der Waals surface area contributed by atoms with Crippen molar-refractivity contribution in [3.05, 3.63) is 23.8 Å². The molecule has 0 radical (unpaired) electrons. The van der Waals surface area contributed by atoms with Crippen molar-refractivity contribution in [2.75, 3.05) is 32.2 Å². The van der Waals surface area contributed by atoms with Crippen molar-refractivity contribution in [1.82, 2.24) is 0 Å². The van der Waals surface area contributed by atoms with E-state index >= 15 is 0 Å². The van der Waals surface area contributed by atoms with Crippen molar-refractivity contribution in [1.29, 1.82) is 0 Å². The number of benzene rings is 1. The first-order chi connectivity index (χ1) is 9.58. The zero-order valence-electron chi connectivity index (χ0n) is 12.4. The molecule has 5 nitrogen and oxygen atoms in total. The predicted molar refractivity (Wildman–Crippen MR) is 80.0 cm³/mol. The first kappa shape index (κ1) is 16.5. The zero-order chi connectivity index (χ0) is 15.0. The molecule has 1 aromatic carbocycles. The molecule has 0 aliphatic heterocycles. The number of anilines is 1. The largest absolute Gasteiger partial charge is 0.489 e. The Kier molecular flexibility index (Phi) is 7.04. The maximum Gasteiger partial charge on any atom is 0.227 e. The van der Waals surface area contributed by atoms with Crippen LogP contribution < -0.4 is 15.8 Å². The van der Waals surface area contributed by atoms with Crippen LogP contribution >= 0.6 is 0 Å². The van der Waals surface area contributed by atoms with Crippen LogP contribution in [0.5, 0.6) is 5.75 Å². The van der Waals surface area contributed by atoms with E-state index in [0.717, 1.165) is 5.56 Å². The number of amides is 1. The van der Waals surface area contributed by atoms with Gasteiger partial charge in [-0.2, -0.15) is 0 Å². The smallest absolute Gasteiger partial charge is 0.227 e. The Morgan fingerprint density at radius 1 is 1.40 bits per heavy atom. The summed E-state index contributed by atoms with van der Waals surface area (Å²) in [5.41, 5.74) is 7.23. The van der Waals surface area contributed by atoms with Crippen molar-refractivity contribution in [3.8, 4) is 5.75 Å². The molecule has 3 N–H and O–H groups in total. The molecular formula is C15H24N2O3. The minimum absolute atomic E-state index is 0.0455. The summed E-state index contributed by atoms with van der Waals surface area (Å²) in [5, 5.41) is 2.89. The number of rotatable bonds is 8. The molecule has 1 aromatic rings. The molecule has 112 valence electrons. The summed E-state index contributed by atoms with van der Waals surface area (Å²) >= 11 is 0. The van der Waals surface area contributed by atoms with Crippen LogP contribution in [0.3, 0.4) is 0 Å². The van der Waals surface area contributed by atoms with Crippen molar-refractivity contribution in [2.24, 2.45) is 11.7 Å². The van der Waals surface area contributed by atoms with E-state index < -0.39 is 0 Å². The molecule has 0 heterocycles. The van der Waals surface area contributed by atoms with Crippen molar-refractivity contribution < 1.29 is 14.3 Å². The Hall–Kier alpha value is -1.59. The molecule has 0 bridgehead atoms. The third-order valence-corrected chi connectivity index (χ3v) is 2.99. The molecular weight excluding hydrogens is 256 g/mol. The maximum absolute atomic E-state index is 12.0. The van der Waals surface area contributed by atoms with Gasteiger partial charge in [0.1, 0.15) is 12.4 Å². The molecule has 5 heteroatoms. The quantitative estimate of drug-likeness (QED) is 0.714. The highest BCUT2D eigenvalue weighted by Crippen LogP contribution is 2.26. The van der Waals surface area contributed by atoms with Crippen molar-refractivity contribution in [3.63, 3.8) is 0 Å². The van der Waals surface area contributed by atoms with Crippen molar-refractivity contribution in [2.45, 2.75) is 20.3 Å². The van der Waals surface area contributed by atoms with Crippen LogP contribution in [0.15, 0.2) is 18.2 Å². The second kappa shape index (κ2) is 8.55. The third-order valence-electron chi connectivity index (χ3n) is 2.99. The summed E-state index contributed by atoms with van der Waals surface area (Å²) in [7, 11) is 1.62. The van der Waals surface area contributed by atoms with Gasteiger partial charge in [0.05, 0.1) is 12.3 Å². The highest BCUT2D eigenvalue weighted by molar-refractivity contribution is 5.93. The molecule has 0 aromatic heterocycles. The van der Waals surface area contributed by atoms with Gasteiger partial charge in [-0.25, -0.2) is 0 Å². The molecule has 0 saturated heterocycles. The summed E-state index contributed by atoms with van der Waals surface area (Å²) in [5.74, 6) is 0.499. The molecule has 0 aliphatic rings. The maximum atomic E-state index is 12.0. The van der Waals surface area contributed by atoms with E-state index in [1.807, 2.05) is 32.0 Å². The van der Waals surface area contributed by atoms with Gasteiger partial charge in [-0.05, 0) is 37.6 Å². The van der Waals surface area contributed by atoms with E-state index in [4.69, 9.17) is 15.2 Å². The van der Waals surface area contributed by atoms with Crippen LogP contribution in [-0.2, 0) is 9.53 Å². The highest BCUT2D eigenvalue weighted by Gasteiger charge is 2.14. The lowest BCUT2D eigenvalue weighted by Crippen LogP contribution is -2.23. The Labute approximate surface area is 120 Å². The zero-order valence-corrected chi connectivity index (χ0v) is 12.4. The van der Waals surface area contributed by atoms with Gasteiger partial charge in [-0.15, -0.1) is 0 Å². The summed E-state index contributed by atoms with van der Waals surface area (Å²) in [4.78, 5) is 12.0. The Morgan fingerprint density at radius 2 is 2.15 bits per heavy atom. The average molecular weight is 280 g/mol. The summed E-state index contributed by atoms with van der Waals surface area (Å²) in [6.45, 7) is 5.29. The van der Waals surface area contributed by atoms with Gasteiger partial charge in [0, 0.05) is 13.0 Å². The minimum atomic E-state index is -0.117. The molecule has 0 saturated carbocycles. The second-order valence-electron chi connectivity index (χ2n) is 4.81. The van der Waals surface area contributed by atoms with Gasteiger partial charge < -0.3 is 20.5 Å². The first-order valence-corrected chi connectivity index (χ1v) is 6.81. The topological polar surface area (TPSA) is 73.6 Å². The Balaban J connectivity index is 2.74. The van der Waals surface area contributed by atoms with E-state index in [0.29, 0.717) is 37.6 Å². The highest BCUT2D eigenvalue weighted by atomic mass is 16.5. The van der Waals surface area contributed by atoms with Gasteiger partial charge in [0.2, 0.25) is 5.91 Å². The van der Waals surface area contributed by atoms with Crippen LogP contribution in [-0.4, -0.2) is 32.8 Å². The molecule has 0 fully saturated rings. The van der Waals surface area contributed by atoms with E-state index in [-0.39, 0.29) is 11.8 Å². The first-order valence-electron chi connectivity index (χ1n) is 6.81. The number of methoxy groups -OCH3 is 1. The second-order valence-corrected chi connectivity index (χ2v) is 4.81. The van der Waals surface area contributed by atoms with Gasteiger partial charge in [0.25, 0.3) is 0 Å². The van der Waals surface area contributed by atoms with Gasteiger partial charge in [-0.3, -0.25) is 4.79 Å². The number of hydrogen-bond acceptors (Lipinski definition) is 4. The van der Waals surface area contributed by atoms with Gasteiger partial charge in [0.15, 0.2) is 0 Å². The number of carbonyl (C=O) groups excluding carboxylic acids is 1. The van der Waals surface area contributed by atoms with Crippen LogP contribution in [0.25, 0.3) is 0 Å². The fourth-order valence-corrected chi connectivity index (χ4v) is 1.72. The number of aryl methyl sites for hydroxylation is 1. The fourth-order valence-electron chi connectivity index (χ4n) is 1.72. The lowest BCUT2D eigenvalue weighted by molar-refractivity contribution is -0.119. The van der Waals surface area contributed by atoms with Gasteiger partial charge in [-0.1, -0.05) is 13.0 Å². The van der Waals surface area contributed by atoms with Gasteiger partial charge >= 0.3 is 0 Å². The Morgan fingerprint density at radius 3 is 2.80 bits per heavy atom. The molecule has 20 heavy (non-hydrogen) atoms. The lowest BCUT2D eigenvalue weighted by atomic mass is 10.1. The minimum Gasteiger partial charge on any atom is -0.489 e. The summed E-state index contributed by atoms with van der Waals surface area (Å²) < 4.78 is 10.6. The number of carbonyl (C=O) groups is 1. The third kappa shape index (κ3) is 5.19. The van der Waals surface area contributed by atoms with Crippen LogP contribution in [0.2, 0.25) is 0 Å². The SMILES string of the molecule is COCCOc1cc(C)ccc1NC(=O)C(C)CCN.